The van der Waals surface area contributed by atoms with E-state index in [0.29, 0.717) is 18.3 Å². The number of nitrogens with zero attached hydrogens (tertiary/aromatic N) is 2. The van der Waals surface area contributed by atoms with Gasteiger partial charge in [-0.3, -0.25) is 14.5 Å². The third-order valence-electron chi connectivity index (χ3n) is 4.84. The predicted molar refractivity (Wildman–Crippen MR) is 116 cm³/mol. The molecule has 1 aliphatic rings. The zero-order valence-electron chi connectivity index (χ0n) is 18.0. The van der Waals surface area contributed by atoms with Crippen molar-refractivity contribution in [3.63, 3.8) is 0 Å². The molecule has 0 aromatic heterocycles. The van der Waals surface area contributed by atoms with Crippen molar-refractivity contribution in [2.45, 2.75) is 25.9 Å². The van der Waals surface area contributed by atoms with E-state index in [1.165, 1.54) is 11.1 Å². The molecule has 2 aromatic rings. The van der Waals surface area contributed by atoms with Crippen molar-refractivity contribution in [1.82, 2.24) is 9.96 Å². The molecule has 1 aliphatic heterocycles. The Labute approximate surface area is 187 Å². The van der Waals surface area contributed by atoms with Gasteiger partial charge in [0.05, 0.1) is 19.8 Å². The van der Waals surface area contributed by atoms with Crippen LogP contribution in [0.15, 0.2) is 60.7 Å². The summed E-state index contributed by atoms with van der Waals surface area (Å²) in [5.74, 6) is -1.81. The highest BCUT2D eigenvalue weighted by atomic mass is 16.7. The molecule has 3 rings (SSSR count). The molecular weight excluding hydrogens is 412 g/mol. The second-order valence-electron chi connectivity index (χ2n) is 7.39. The van der Waals surface area contributed by atoms with Crippen molar-refractivity contribution < 1.29 is 28.7 Å². The SMILES string of the molecule is O=C(COCCOCCN(Cc1ccccc1)Cc1ccccc1)ON1C(=O)CCC1=O. The first-order valence-corrected chi connectivity index (χ1v) is 10.6. The van der Waals surface area contributed by atoms with Crippen molar-refractivity contribution in [2.24, 2.45) is 0 Å². The molecule has 0 radical (unpaired) electrons. The van der Waals surface area contributed by atoms with Gasteiger partial charge in [0.15, 0.2) is 0 Å². The number of hydrogen-bond donors (Lipinski definition) is 0. The predicted octanol–water partition coefficient (Wildman–Crippen LogP) is 2.33. The molecule has 170 valence electrons. The Kier molecular flexibility index (Phi) is 9.37. The maximum Gasteiger partial charge on any atom is 0.358 e. The number of hydroxylamine groups is 2. The molecule has 0 saturated carbocycles. The van der Waals surface area contributed by atoms with Gasteiger partial charge in [-0.05, 0) is 11.1 Å². The van der Waals surface area contributed by atoms with E-state index in [2.05, 4.69) is 29.2 Å². The molecule has 8 nitrogen and oxygen atoms in total. The van der Waals surface area contributed by atoms with E-state index in [1.807, 2.05) is 36.4 Å². The van der Waals surface area contributed by atoms with Gasteiger partial charge >= 0.3 is 5.97 Å². The normalized spacial score (nSPS) is 13.7. The summed E-state index contributed by atoms with van der Waals surface area (Å²) in [6.45, 7) is 3.06. The molecule has 0 atom stereocenters. The number of carbonyl (C=O) groups is 3. The number of ether oxygens (including phenoxy) is 2. The number of hydrogen-bond acceptors (Lipinski definition) is 7. The second-order valence-corrected chi connectivity index (χ2v) is 7.39. The van der Waals surface area contributed by atoms with E-state index >= 15 is 0 Å². The average molecular weight is 440 g/mol. The van der Waals surface area contributed by atoms with Crippen LogP contribution in [0.5, 0.6) is 0 Å². The van der Waals surface area contributed by atoms with E-state index in [4.69, 9.17) is 14.3 Å². The lowest BCUT2D eigenvalue weighted by Gasteiger charge is -2.22. The minimum atomic E-state index is -0.787. The summed E-state index contributed by atoms with van der Waals surface area (Å²) >= 11 is 0. The van der Waals surface area contributed by atoms with Gasteiger partial charge in [-0.1, -0.05) is 60.7 Å². The molecular formula is C24H28N2O6. The van der Waals surface area contributed by atoms with Gasteiger partial charge in [-0.15, -0.1) is 5.06 Å². The zero-order chi connectivity index (χ0) is 22.6. The molecule has 1 fully saturated rings. The van der Waals surface area contributed by atoms with Crippen LogP contribution in [-0.2, 0) is 41.8 Å². The molecule has 8 heteroatoms. The van der Waals surface area contributed by atoms with Crippen molar-refractivity contribution in [3.8, 4) is 0 Å². The lowest BCUT2D eigenvalue weighted by Crippen LogP contribution is -2.33. The lowest BCUT2D eigenvalue weighted by molar-refractivity contribution is -0.200. The van der Waals surface area contributed by atoms with Gasteiger partial charge in [0, 0.05) is 32.5 Å². The maximum absolute atomic E-state index is 11.7. The number of amides is 2. The number of imide groups is 1. The molecule has 0 unspecified atom stereocenters. The third kappa shape index (κ3) is 7.88. The van der Waals surface area contributed by atoms with Gasteiger partial charge in [-0.2, -0.15) is 0 Å². The lowest BCUT2D eigenvalue weighted by atomic mass is 10.1. The summed E-state index contributed by atoms with van der Waals surface area (Å²) in [4.78, 5) is 41.6. The Morgan fingerprint density at radius 1 is 0.781 bits per heavy atom. The van der Waals surface area contributed by atoms with E-state index in [1.54, 1.807) is 0 Å². The molecule has 0 spiro atoms. The van der Waals surface area contributed by atoms with Crippen molar-refractivity contribution in [1.29, 1.82) is 0 Å². The topological polar surface area (TPSA) is 85.4 Å². The average Bonchev–Trinajstić information content (AvgIpc) is 3.11. The summed E-state index contributed by atoms with van der Waals surface area (Å²) in [6, 6.07) is 20.6. The third-order valence-corrected chi connectivity index (χ3v) is 4.84. The highest BCUT2D eigenvalue weighted by molar-refractivity contribution is 6.01. The van der Waals surface area contributed by atoms with Gasteiger partial charge in [0.2, 0.25) is 0 Å². The van der Waals surface area contributed by atoms with Crippen molar-refractivity contribution in [2.75, 3.05) is 33.0 Å². The van der Waals surface area contributed by atoms with E-state index < -0.39 is 17.8 Å². The zero-order valence-corrected chi connectivity index (χ0v) is 18.0. The molecule has 1 saturated heterocycles. The first-order chi connectivity index (χ1) is 15.6. The van der Waals surface area contributed by atoms with Gasteiger partial charge in [-0.25, -0.2) is 4.79 Å². The Morgan fingerprint density at radius 2 is 1.31 bits per heavy atom. The van der Waals surface area contributed by atoms with Crippen LogP contribution in [0.2, 0.25) is 0 Å². The maximum atomic E-state index is 11.7. The molecule has 2 amide bonds. The van der Waals surface area contributed by atoms with Crippen LogP contribution in [0, 0.1) is 0 Å². The summed E-state index contributed by atoms with van der Waals surface area (Å²) in [6.07, 6.45) is 0.124. The van der Waals surface area contributed by atoms with Crippen LogP contribution < -0.4 is 0 Å². The summed E-state index contributed by atoms with van der Waals surface area (Å²) < 4.78 is 10.9. The summed E-state index contributed by atoms with van der Waals surface area (Å²) in [7, 11) is 0. The summed E-state index contributed by atoms with van der Waals surface area (Å²) in [5.41, 5.74) is 2.47. The van der Waals surface area contributed by atoms with Gasteiger partial charge in [0.25, 0.3) is 11.8 Å². The molecule has 2 aromatic carbocycles. The van der Waals surface area contributed by atoms with Gasteiger partial charge < -0.3 is 14.3 Å². The van der Waals surface area contributed by atoms with Crippen molar-refractivity contribution in [3.05, 3.63) is 71.8 Å². The second kappa shape index (κ2) is 12.7. The van der Waals surface area contributed by atoms with E-state index in [9.17, 15) is 14.4 Å². The van der Waals surface area contributed by atoms with Crippen LogP contribution in [0.3, 0.4) is 0 Å². The molecule has 0 aliphatic carbocycles. The first kappa shape index (κ1) is 23.6. The number of carbonyl (C=O) groups excluding carboxylic acids is 3. The van der Waals surface area contributed by atoms with E-state index in [-0.39, 0.29) is 26.1 Å². The van der Waals surface area contributed by atoms with Crippen LogP contribution in [0.1, 0.15) is 24.0 Å². The van der Waals surface area contributed by atoms with E-state index in [0.717, 1.165) is 19.6 Å². The van der Waals surface area contributed by atoms with Gasteiger partial charge in [0.1, 0.15) is 6.61 Å². The van der Waals surface area contributed by atoms with Crippen LogP contribution in [0.25, 0.3) is 0 Å². The Balaban J connectivity index is 1.33. The first-order valence-electron chi connectivity index (χ1n) is 10.6. The fourth-order valence-electron chi connectivity index (χ4n) is 3.25. The minimum Gasteiger partial charge on any atom is -0.378 e. The Bertz CT molecular complexity index is 817. The number of benzene rings is 2. The highest BCUT2D eigenvalue weighted by Crippen LogP contribution is 2.12. The fourth-order valence-corrected chi connectivity index (χ4v) is 3.25. The van der Waals surface area contributed by atoms with Crippen LogP contribution in [-0.4, -0.2) is 60.7 Å². The Hall–Kier alpha value is -3.07. The van der Waals surface area contributed by atoms with Crippen LogP contribution >= 0.6 is 0 Å². The standard InChI is InChI=1S/C24H28N2O6/c27-22-11-12-23(28)26(22)32-24(29)19-31-16-15-30-14-13-25(17-20-7-3-1-4-8-20)18-21-9-5-2-6-10-21/h1-10H,11-19H2. The van der Waals surface area contributed by atoms with Crippen molar-refractivity contribution >= 4 is 17.8 Å². The Morgan fingerprint density at radius 3 is 1.88 bits per heavy atom. The number of rotatable bonds is 13. The molecule has 32 heavy (non-hydrogen) atoms. The quantitative estimate of drug-likeness (QED) is 0.349. The largest absolute Gasteiger partial charge is 0.378 e. The molecule has 0 N–H and O–H groups in total. The fraction of sp³-hybridized carbons (Fsp3) is 0.375. The smallest absolute Gasteiger partial charge is 0.358 e. The van der Waals surface area contributed by atoms with Crippen LogP contribution in [0.4, 0.5) is 0 Å². The molecule has 0 bridgehead atoms. The molecule has 1 heterocycles. The minimum absolute atomic E-state index is 0.0619. The summed E-state index contributed by atoms with van der Waals surface area (Å²) in [5, 5.41) is 0.510. The highest BCUT2D eigenvalue weighted by Gasteiger charge is 2.32. The monoisotopic (exact) mass is 440 g/mol.